The van der Waals surface area contributed by atoms with Gasteiger partial charge in [-0.3, -0.25) is 9.69 Å². The maximum Gasteiger partial charge on any atom is 0.241 e. The number of nitrogen functional groups attached to an aromatic ring is 1. The Balaban J connectivity index is 2.19. The van der Waals surface area contributed by atoms with E-state index in [1.54, 1.807) is 0 Å². The number of rotatable bonds is 4. The molecule has 1 aromatic rings. The molecule has 0 saturated heterocycles. The Morgan fingerprint density at radius 1 is 1.37 bits per heavy atom. The molecule has 0 radical (unpaired) electrons. The maximum atomic E-state index is 12.4. The van der Waals surface area contributed by atoms with Crippen molar-refractivity contribution in [3.8, 4) is 0 Å². The van der Waals surface area contributed by atoms with Crippen molar-refractivity contribution in [1.29, 1.82) is 0 Å². The van der Waals surface area contributed by atoms with Gasteiger partial charge in [-0.15, -0.1) is 0 Å². The molecule has 0 bridgehead atoms. The van der Waals surface area contributed by atoms with Gasteiger partial charge in [0, 0.05) is 17.9 Å². The van der Waals surface area contributed by atoms with Gasteiger partial charge in [0.25, 0.3) is 0 Å². The predicted molar refractivity (Wildman–Crippen MR) is 79.3 cm³/mol. The maximum absolute atomic E-state index is 12.4. The van der Waals surface area contributed by atoms with Crippen LogP contribution in [-0.4, -0.2) is 37.0 Å². The van der Waals surface area contributed by atoms with Crippen LogP contribution >= 0.6 is 0 Å². The lowest BCUT2D eigenvalue weighted by atomic mass is 10.00. The molecule has 0 aromatic heterocycles. The summed E-state index contributed by atoms with van der Waals surface area (Å²) in [6, 6.07) is 5.85. The molecule has 2 N–H and O–H groups in total. The highest BCUT2D eigenvalue weighted by molar-refractivity contribution is 5.96. The molecule has 0 unspecified atom stereocenters. The van der Waals surface area contributed by atoms with Gasteiger partial charge >= 0.3 is 0 Å². The number of benzene rings is 1. The fourth-order valence-electron chi connectivity index (χ4n) is 2.63. The highest BCUT2D eigenvalue weighted by Gasteiger charge is 2.24. The van der Waals surface area contributed by atoms with Crippen LogP contribution in [-0.2, 0) is 11.2 Å². The Hall–Kier alpha value is -1.55. The van der Waals surface area contributed by atoms with E-state index in [9.17, 15) is 4.79 Å². The Kier molecular flexibility index (Phi) is 4.43. The first kappa shape index (κ1) is 13.9. The van der Waals surface area contributed by atoms with E-state index >= 15 is 0 Å². The van der Waals surface area contributed by atoms with Crippen LogP contribution in [0, 0.1) is 0 Å². The number of anilines is 2. The quantitative estimate of drug-likeness (QED) is 0.842. The highest BCUT2D eigenvalue weighted by atomic mass is 16.2. The molecule has 2 rings (SSSR count). The summed E-state index contributed by atoms with van der Waals surface area (Å²) in [5.41, 5.74) is 8.94. The van der Waals surface area contributed by atoms with Crippen molar-refractivity contribution in [2.24, 2.45) is 0 Å². The van der Waals surface area contributed by atoms with E-state index in [4.69, 9.17) is 5.73 Å². The van der Waals surface area contributed by atoms with E-state index in [2.05, 4.69) is 18.7 Å². The first-order valence-corrected chi connectivity index (χ1v) is 7.07. The van der Waals surface area contributed by atoms with Gasteiger partial charge in [-0.05, 0) is 43.6 Å². The van der Waals surface area contributed by atoms with Crippen LogP contribution in [0.15, 0.2) is 18.2 Å². The average Bonchev–Trinajstić information content (AvgIpc) is 2.44. The minimum Gasteiger partial charge on any atom is -0.398 e. The first-order chi connectivity index (χ1) is 9.17. The second-order valence-corrected chi connectivity index (χ2v) is 4.96. The summed E-state index contributed by atoms with van der Waals surface area (Å²) in [6.45, 7) is 7.26. The minimum absolute atomic E-state index is 0.176. The molecule has 0 saturated carbocycles. The van der Waals surface area contributed by atoms with E-state index in [0.717, 1.165) is 49.4 Å². The van der Waals surface area contributed by atoms with Gasteiger partial charge < -0.3 is 10.6 Å². The molecule has 1 aromatic carbocycles. The van der Waals surface area contributed by atoms with Gasteiger partial charge in [0.15, 0.2) is 0 Å². The predicted octanol–water partition coefficient (Wildman–Crippen LogP) is 1.89. The third-order valence-corrected chi connectivity index (χ3v) is 3.84. The van der Waals surface area contributed by atoms with Crippen LogP contribution in [0.5, 0.6) is 0 Å². The third kappa shape index (κ3) is 2.89. The Morgan fingerprint density at radius 3 is 2.79 bits per heavy atom. The number of fused-ring (bicyclic) bond motifs is 1. The Bertz CT molecular complexity index is 455. The van der Waals surface area contributed by atoms with Gasteiger partial charge in [-0.25, -0.2) is 0 Å². The molecule has 0 aliphatic carbocycles. The molecule has 1 amide bonds. The largest absolute Gasteiger partial charge is 0.398 e. The fraction of sp³-hybridized carbons (Fsp3) is 0.533. The number of hydrogen-bond donors (Lipinski definition) is 1. The summed E-state index contributed by atoms with van der Waals surface area (Å²) in [6.07, 6.45) is 1.96. The zero-order valence-electron chi connectivity index (χ0n) is 11.9. The van der Waals surface area contributed by atoms with E-state index in [0.29, 0.717) is 6.54 Å². The molecule has 104 valence electrons. The van der Waals surface area contributed by atoms with Crippen molar-refractivity contribution >= 4 is 17.3 Å². The molecule has 1 aliphatic heterocycles. The van der Waals surface area contributed by atoms with Crippen LogP contribution < -0.4 is 10.6 Å². The van der Waals surface area contributed by atoms with Crippen LogP contribution in [0.25, 0.3) is 0 Å². The van der Waals surface area contributed by atoms with Gasteiger partial charge in [0.1, 0.15) is 0 Å². The molecule has 1 aliphatic rings. The summed E-state index contributed by atoms with van der Waals surface area (Å²) >= 11 is 0. The lowest BCUT2D eigenvalue weighted by Crippen LogP contribution is -2.42. The van der Waals surface area contributed by atoms with E-state index in [-0.39, 0.29) is 5.91 Å². The Morgan fingerprint density at radius 2 is 2.11 bits per heavy atom. The van der Waals surface area contributed by atoms with Crippen LogP contribution in [0.2, 0.25) is 0 Å². The van der Waals surface area contributed by atoms with Crippen molar-refractivity contribution < 1.29 is 4.79 Å². The molecule has 0 atom stereocenters. The summed E-state index contributed by atoms with van der Waals surface area (Å²) < 4.78 is 0. The van der Waals surface area contributed by atoms with Crippen molar-refractivity contribution in [3.63, 3.8) is 0 Å². The van der Waals surface area contributed by atoms with E-state index in [1.807, 2.05) is 23.1 Å². The molecule has 19 heavy (non-hydrogen) atoms. The minimum atomic E-state index is 0.176. The second-order valence-electron chi connectivity index (χ2n) is 4.96. The van der Waals surface area contributed by atoms with Crippen LogP contribution in [0.1, 0.15) is 25.8 Å². The molecule has 4 heteroatoms. The van der Waals surface area contributed by atoms with Crippen molar-refractivity contribution in [2.75, 3.05) is 36.8 Å². The molecular weight excluding hydrogens is 238 g/mol. The van der Waals surface area contributed by atoms with Gasteiger partial charge in [-0.2, -0.15) is 0 Å². The third-order valence-electron chi connectivity index (χ3n) is 3.84. The first-order valence-electron chi connectivity index (χ1n) is 7.07. The summed E-state index contributed by atoms with van der Waals surface area (Å²) in [5.74, 6) is 0.176. The van der Waals surface area contributed by atoms with Gasteiger partial charge in [0.05, 0.1) is 6.54 Å². The van der Waals surface area contributed by atoms with Gasteiger partial charge in [-0.1, -0.05) is 19.9 Å². The zero-order chi connectivity index (χ0) is 13.8. The number of nitrogens with zero attached hydrogens (tertiary/aromatic N) is 2. The normalized spacial score (nSPS) is 14.6. The van der Waals surface area contributed by atoms with Crippen LogP contribution in [0.3, 0.4) is 0 Å². The molecular formula is C15H23N3O. The fourth-order valence-corrected chi connectivity index (χ4v) is 2.63. The van der Waals surface area contributed by atoms with Gasteiger partial charge in [0.2, 0.25) is 5.91 Å². The summed E-state index contributed by atoms with van der Waals surface area (Å²) in [4.78, 5) is 16.5. The lowest BCUT2D eigenvalue weighted by Gasteiger charge is -2.32. The highest BCUT2D eigenvalue weighted by Crippen LogP contribution is 2.31. The topological polar surface area (TPSA) is 49.6 Å². The van der Waals surface area contributed by atoms with Crippen LogP contribution in [0.4, 0.5) is 11.4 Å². The number of amides is 1. The average molecular weight is 261 g/mol. The smallest absolute Gasteiger partial charge is 0.241 e. The molecule has 1 heterocycles. The standard InChI is InChI=1S/C15H23N3O/c1-3-17(4-2)11-15(19)18-10-6-7-12-13(16)8-5-9-14(12)18/h5,8-9H,3-4,6-7,10-11,16H2,1-2H3. The lowest BCUT2D eigenvalue weighted by molar-refractivity contribution is -0.119. The molecule has 4 nitrogen and oxygen atoms in total. The number of nitrogens with two attached hydrogens (primary N) is 1. The summed E-state index contributed by atoms with van der Waals surface area (Å²) in [5, 5.41) is 0. The summed E-state index contributed by atoms with van der Waals surface area (Å²) in [7, 11) is 0. The van der Waals surface area contributed by atoms with E-state index in [1.165, 1.54) is 0 Å². The SMILES string of the molecule is CCN(CC)CC(=O)N1CCCc2c(N)cccc21. The number of carbonyl (C=O) groups is 1. The van der Waals surface area contributed by atoms with Crippen molar-refractivity contribution in [1.82, 2.24) is 4.90 Å². The molecule has 0 fully saturated rings. The van der Waals surface area contributed by atoms with Crippen molar-refractivity contribution in [3.05, 3.63) is 23.8 Å². The van der Waals surface area contributed by atoms with Crippen molar-refractivity contribution in [2.45, 2.75) is 26.7 Å². The number of carbonyl (C=O) groups excluding carboxylic acids is 1. The Labute approximate surface area is 115 Å². The zero-order valence-corrected chi connectivity index (χ0v) is 11.9. The second kappa shape index (κ2) is 6.06. The van der Waals surface area contributed by atoms with E-state index < -0.39 is 0 Å². The number of likely N-dealkylation sites (N-methyl/N-ethyl adjacent to an activating group) is 1. The molecule has 0 spiro atoms. The monoisotopic (exact) mass is 261 g/mol. The number of hydrogen-bond acceptors (Lipinski definition) is 3.